The first-order valence-corrected chi connectivity index (χ1v) is 8.88. The average molecular weight is 363 g/mol. The second-order valence-electron chi connectivity index (χ2n) is 6.02. The number of ether oxygens (including phenoxy) is 2. The summed E-state index contributed by atoms with van der Waals surface area (Å²) in [6.45, 7) is 3.80. The zero-order valence-electron chi connectivity index (χ0n) is 14.4. The van der Waals surface area contributed by atoms with Crippen LogP contribution in [0.4, 0.5) is 5.95 Å². The quantitative estimate of drug-likeness (QED) is 0.795. The predicted molar refractivity (Wildman–Crippen MR) is 99.2 cm³/mol. The molecule has 1 aromatic heterocycles. The van der Waals surface area contributed by atoms with E-state index in [-0.39, 0.29) is 11.1 Å². The Kier molecular flexibility index (Phi) is 5.94. The van der Waals surface area contributed by atoms with Gasteiger partial charge in [0.1, 0.15) is 23.3 Å². The zero-order valence-corrected chi connectivity index (χ0v) is 15.1. The maximum absolute atomic E-state index is 6.05. The lowest BCUT2D eigenvalue weighted by Crippen LogP contribution is -2.33. The second-order valence-corrected chi connectivity index (χ2v) is 6.41. The van der Waals surface area contributed by atoms with E-state index < -0.39 is 0 Å². The van der Waals surface area contributed by atoms with E-state index in [2.05, 4.69) is 14.9 Å². The molecule has 1 saturated heterocycles. The van der Waals surface area contributed by atoms with E-state index in [0.29, 0.717) is 23.8 Å². The van der Waals surface area contributed by atoms with Gasteiger partial charge in [-0.2, -0.15) is 0 Å². The highest BCUT2D eigenvalue weighted by molar-refractivity contribution is 6.29. The van der Waals surface area contributed by atoms with Crippen LogP contribution in [0, 0.1) is 0 Å². The minimum Gasteiger partial charge on any atom is -0.496 e. The average Bonchev–Trinajstić information content (AvgIpc) is 2.61. The van der Waals surface area contributed by atoms with Crippen molar-refractivity contribution in [3.05, 3.63) is 29.4 Å². The van der Waals surface area contributed by atoms with Crippen LogP contribution in [-0.4, -0.2) is 48.2 Å². The van der Waals surface area contributed by atoms with Crippen molar-refractivity contribution in [3.8, 4) is 22.8 Å². The van der Waals surface area contributed by atoms with Crippen molar-refractivity contribution in [3.63, 3.8) is 0 Å². The van der Waals surface area contributed by atoms with Crippen LogP contribution in [0.2, 0.25) is 5.15 Å². The van der Waals surface area contributed by atoms with Gasteiger partial charge < -0.3 is 15.2 Å². The maximum atomic E-state index is 6.05. The first-order valence-electron chi connectivity index (χ1n) is 8.50. The molecular weight excluding hydrogens is 340 g/mol. The monoisotopic (exact) mass is 362 g/mol. The van der Waals surface area contributed by atoms with Crippen molar-refractivity contribution in [2.75, 3.05) is 39.1 Å². The fourth-order valence-electron chi connectivity index (χ4n) is 3.08. The summed E-state index contributed by atoms with van der Waals surface area (Å²) < 4.78 is 11.5. The van der Waals surface area contributed by atoms with E-state index in [4.69, 9.17) is 26.8 Å². The van der Waals surface area contributed by atoms with E-state index in [0.717, 1.165) is 25.2 Å². The Bertz CT molecular complexity index is 700. The van der Waals surface area contributed by atoms with Crippen molar-refractivity contribution in [2.24, 2.45) is 0 Å². The smallest absolute Gasteiger partial charge is 0.221 e. The second kappa shape index (κ2) is 8.36. The first kappa shape index (κ1) is 17.8. The highest BCUT2D eigenvalue weighted by atomic mass is 35.5. The molecule has 0 atom stereocenters. The molecule has 1 fully saturated rings. The van der Waals surface area contributed by atoms with Crippen LogP contribution in [0.15, 0.2) is 24.3 Å². The predicted octanol–water partition coefficient (Wildman–Crippen LogP) is 3.25. The Morgan fingerprint density at radius 3 is 2.64 bits per heavy atom. The van der Waals surface area contributed by atoms with Crippen molar-refractivity contribution in [1.82, 2.24) is 14.9 Å². The number of nitrogens with two attached hydrogens (primary N) is 1. The highest BCUT2D eigenvalue weighted by Gasteiger charge is 2.17. The van der Waals surface area contributed by atoms with E-state index in [1.165, 1.54) is 19.3 Å². The van der Waals surface area contributed by atoms with Gasteiger partial charge in [-0.3, -0.25) is 4.90 Å². The van der Waals surface area contributed by atoms with Crippen molar-refractivity contribution >= 4 is 17.5 Å². The molecular formula is C18H23ClN4O2. The highest BCUT2D eigenvalue weighted by Crippen LogP contribution is 2.38. The summed E-state index contributed by atoms with van der Waals surface area (Å²) in [5.74, 6) is 1.47. The normalized spacial score (nSPS) is 15.1. The van der Waals surface area contributed by atoms with Crippen LogP contribution >= 0.6 is 11.6 Å². The van der Waals surface area contributed by atoms with Crippen LogP contribution in [0.25, 0.3) is 11.3 Å². The molecule has 0 amide bonds. The Morgan fingerprint density at radius 1 is 1.16 bits per heavy atom. The summed E-state index contributed by atoms with van der Waals surface area (Å²) in [4.78, 5) is 10.6. The topological polar surface area (TPSA) is 73.5 Å². The lowest BCUT2D eigenvalue weighted by molar-refractivity contribution is 0.183. The number of aromatic nitrogens is 2. The van der Waals surface area contributed by atoms with Gasteiger partial charge >= 0.3 is 0 Å². The third kappa shape index (κ3) is 4.52. The van der Waals surface area contributed by atoms with Gasteiger partial charge in [0.2, 0.25) is 5.95 Å². The number of rotatable bonds is 6. The van der Waals surface area contributed by atoms with Gasteiger partial charge in [-0.1, -0.05) is 24.1 Å². The largest absolute Gasteiger partial charge is 0.496 e. The number of piperidine rings is 1. The fourth-order valence-corrected chi connectivity index (χ4v) is 3.27. The van der Waals surface area contributed by atoms with Crippen LogP contribution in [0.1, 0.15) is 19.3 Å². The lowest BCUT2D eigenvalue weighted by Gasteiger charge is -2.26. The van der Waals surface area contributed by atoms with Gasteiger partial charge in [-0.05, 0) is 38.1 Å². The number of nitrogens with zero attached hydrogens (tertiary/aromatic N) is 3. The van der Waals surface area contributed by atoms with E-state index in [1.54, 1.807) is 13.2 Å². The number of benzene rings is 1. The number of methoxy groups -OCH3 is 1. The number of likely N-dealkylation sites (tertiary alicyclic amines) is 1. The first-order chi connectivity index (χ1) is 12.2. The van der Waals surface area contributed by atoms with Crippen molar-refractivity contribution < 1.29 is 9.47 Å². The van der Waals surface area contributed by atoms with Gasteiger partial charge in [0, 0.05) is 12.6 Å². The number of hydrogen-bond donors (Lipinski definition) is 1. The number of nitrogen functional groups attached to an aromatic ring is 1. The van der Waals surface area contributed by atoms with Gasteiger partial charge in [0.15, 0.2) is 0 Å². The number of halogens is 1. The molecule has 6 nitrogen and oxygen atoms in total. The maximum Gasteiger partial charge on any atom is 0.221 e. The van der Waals surface area contributed by atoms with Gasteiger partial charge in [-0.25, -0.2) is 9.97 Å². The third-order valence-electron chi connectivity index (χ3n) is 4.29. The summed E-state index contributed by atoms with van der Waals surface area (Å²) in [6.07, 6.45) is 3.86. The standard InChI is InChI=1S/C18H23ClN4O2/c1-24-14-6-5-7-15(25-11-10-23-8-3-2-4-9-23)17(14)13-12-16(19)22-18(20)21-13/h5-7,12H,2-4,8-11H2,1H3,(H2,20,21,22). The molecule has 25 heavy (non-hydrogen) atoms. The summed E-state index contributed by atoms with van der Waals surface area (Å²) in [5, 5.41) is 0.285. The molecule has 2 N–H and O–H groups in total. The van der Waals surface area contributed by atoms with Crippen molar-refractivity contribution in [1.29, 1.82) is 0 Å². The molecule has 1 aliphatic rings. The third-order valence-corrected chi connectivity index (χ3v) is 4.48. The molecule has 0 unspecified atom stereocenters. The summed E-state index contributed by atoms with van der Waals surface area (Å²) in [5.41, 5.74) is 7.06. The number of hydrogen-bond acceptors (Lipinski definition) is 6. The van der Waals surface area contributed by atoms with E-state index >= 15 is 0 Å². The Hall–Kier alpha value is -2.05. The van der Waals surface area contributed by atoms with Crippen LogP contribution in [-0.2, 0) is 0 Å². The molecule has 0 spiro atoms. The minimum atomic E-state index is 0.118. The van der Waals surface area contributed by atoms with Gasteiger partial charge in [-0.15, -0.1) is 0 Å². The fraction of sp³-hybridized carbons (Fsp3) is 0.444. The lowest BCUT2D eigenvalue weighted by atomic mass is 10.1. The molecule has 1 aromatic carbocycles. The molecule has 2 aromatic rings. The Balaban J connectivity index is 1.81. The Labute approximate surface area is 152 Å². The molecule has 0 radical (unpaired) electrons. The molecule has 3 rings (SSSR count). The van der Waals surface area contributed by atoms with E-state index in [1.807, 2.05) is 18.2 Å². The summed E-state index contributed by atoms with van der Waals surface area (Å²) >= 11 is 6.03. The van der Waals surface area contributed by atoms with Gasteiger partial charge in [0.05, 0.1) is 18.4 Å². The number of anilines is 1. The Morgan fingerprint density at radius 2 is 1.92 bits per heavy atom. The molecule has 0 bridgehead atoms. The molecule has 0 aliphatic carbocycles. The zero-order chi connectivity index (χ0) is 17.6. The van der Waals surface area contributed by atoms with Crippen LogP contribution in [0.5, 0.6) is 11.5 Å². The molecule has 134 valence electrons. The van der Waals surface area contributed by atoms with E-state index in [9.17, 15) is 0 Å². The van der Waals surface area contributed by atoms with Crippen LogP contribution < -0.4 is 15.2 Å². The minimum absolute atomic E-state index is 0.118. The molecule has 1 aliphatic heterocycles. The molecule has 2 heterocycles. The van der Waals surface area contributed by atoms with Crippen LogP contribution in [0.3, 0.4) is 0 Å². The summed E-state index contributed by atoms with van der Waals surface area (Å²) in [6, 6.07) is 7.32. The van der Waals surface area contributed by atoms with Gasteiger partial charge in [0.25, 0.3) is 0 Å². The SMILES string of the molecule is COc1cccc(OCCN2CCCCC2)c1-c1cc(Cl)nc(N)n1. The van der Waals surface area contributed by atoms with Crippen molar-refractivity contribution in [2.45, 2.75) is 19.3 Å². The molecule has 7 heteroatoms. The molecule has 0 saturated carbocycles. The summed E-state index contributed by atoms with van der Waals surface area (Å²) in [7, 11) is 1.61.